The molecule has 1 saturated carbocycles. The molecular weight excluding hydrogens is 358 g/mol. The van der Waals surface area contributed by atoms with E-state index in [9.17, 15) is 8.42 Å². The second-order valence-corrected chi connectivity index (χ2v) is 7.62. The fourth-order valence-corrected chi connectivity index (χ4v) is 4.11. The van der Waals surface area contributed by atoms with Gasteiger partial charge in [-0.05, 0) is 31.0 Å². The number of hydrogen-bond acceptors (Lipinski definition) is 4. The highest BCUT2D eigenvalue weighted by atomic mass is 79.9. The summed E-state index contributed by atoms with van der Waals surface area (Å²) in [7, 11) is -2.16. The van der Waals surface area contributed by atoms with Crippen molar-refractivity contribution in [3.8, 4) is 5.75 Å². The summed E-state index contributed by atoms with van der Waals surface area (Å²) in [5.41, 5.74) is 0. The molecule has 7 heteroatoms. The van der Waals surface area contributed by atoms with Crippen molar-refractivity contribution in [3.63, 3.8) is 0 Å². The Balaban J connectivity index is 1.93. The summed E-state index contributed by atoms with van der Waals surface area (Å²) < 4.78 is 38.6. The Kier molecular flexibility index (Phi) is 6.04. The van der Waals surface area contributed by atoms with E-state index in [1.807, 2.05) is 0 Å². The Morgan fingerprint density at radius 3 is 2.71 bits per heavy atom. The highest BCUT2D eigenvalue weighted by molar-refractivity contribution is 9.10. The first-order valence-electron chi connectivity index (χ1n) is 6.98. The Morgan fingerprint density at radius 1 is 1.33 bits per heavy atom. The first-order chi connectivity index (χ1) is 10.0. The summed E-state index contributed by atoms with van der Waals surface area (Å²) in [5.74, 6) is 0.322. The quantitative estimate of drug-likeness (QED) is 0.741. The first kappa shape index (κ1) is 16.7. The van der Waals surface area contributed by atoms with Gasteiger partial charge in [0, 0.05) is 11.0 Å². The van der Waals surface area contributed by atoms with Gasteiger partial charge in [-0.1, -0.05) is 28.8 Å². The summed E-state index contributed by atoms with van der Waals surface area (Å²) in [5, 5.41) is 0. The van der Waals surface area contributed by atoms with Crippen LogP contribution in [0.15, 0.2) is 27.6 Å². The summed E-state index contributed by atoms with van der Waals surface area (Å²) in [6.45, 7) is 0.648. The average molecular weight is 378 g/mol. The van der Waals surface area contributed by atoms with Crippen LogP contribution in [0.1, 0.15) is 25.7 Å². The zero-order chi connectivity index (χ0) is 15.3. The van der Waals surface area contributed by atoms with Gasteiger partial charge in [0.1, 0.15) is 10.6 Å². The van der Waals surface area contributed by atoms with Crippen molar-refractivity contribution in [2.45, 2.75) is 36.7 Å². The van der Waals surface area contributed by atoms with Crippen LogP contribution < -0.4 is 9.46 Å². The third kappa shape index (κ3) is 4.67. The van der Waals surface area contributed by atoms with Crippen LogP contribution in [0.25, 0.3) is 0 Å². The molecule has 0 atom stereocenters. The number of methoxy groups -OCH3 is 1. The second-order valence-electron chi connectivity index (χ2n) is 4.97. The highest BCUT2D eigenvalue weighted by Crippen LogP contribution is 2.27. The number of nitrogens with one attached hydrogen (secondary N) is 1. The molecule has 0 saturated heterocycles. The van der Waals surface area contributed by atoms with E-state index < -0.39 is 10.0 Å². The molecule has 1 aromatic rings. The van der Waals surface area contributed by atoms with E-state index in [-0.39, 0.29) is 17.5 Å². The van der Waals surface area contributed by atoms with E-state index in [2.05, 4.69) is 20.7 Å². The van der Waals surface area contributed by atoms with E-state index in [1.165, 1.54) is 26.0 Å². The topological polar surface area (TPSA) is 64.6 Å². The van der Waals surface area contributed by atoms with Crippen molar-refractivity contribution in [2.75, 3.05) is 20.3 Å². The molecule has 0 amide bonds. The molecule has 5 nitrogen and oxygen atoms in total. The molecule has 0 radical (unpaired) electrons. The Bertz CT molecular complexity index is 570. The molecule has 2 rings (SSSR count). The van der Waals surface area contributed by atoms with Crippen LogP contribution in [0.4, 0.5) is 0 Å². The van der Waals surface area contributed by atoms with Gasteiger partial charge >= 0.3 is 0 Å². The molecule has 1 N–H and O–H groups in total. The summed E-state index contributed by atoms with van der Waals surface area (Å²) >= 11 is 3.27. The van der Waals surface area contributed by atoms with Gasteiger partial charge in [0.05, 0.1) is 19.8 Å². The van der Waals surface area contributed by atoms with Crippen molar-refractivity contribution >= 4 is 26.0 Å². The lowest BCUT2D eigenvalue weighted by molar-refractivity contribution is 0.0626. The normalized spacial score (nSPS) is 16.3. The van der Waals surface area contributed by atoms with Crippen molar-refractivity contribution in [1.82, 2.24) is 4.72 Å². The minimum atomic E-state index is -3.61. The molecular formula is C14H20BrNO4S. The van der Waals surface area contributed by atoms with Crippen LogP contribution in [0.2, 0.25) is 0 Å². The molecule has 1 aromatic carbocycles. The van der Waals surface area contributed by atoms with Crippen LogP contribution in [0.3, 0.4) is 0 Å². The van der Waals surface area contributed by atoms with Gasteiger partial charge < -0.3 is 9.47 Å². The van der Waals surface area contributed by atoms with Crippen molar-refractivity contribution in [1.29, 1.82) is 0 Å². The maximum Gasteiger partial charge on any atom is 0.244 e. The minimum Gasteiger partial charge on any atom is -0.495 e. The Morgan fingerprint density at radius 2 is 2.05 bits per heavy atom. The smallest absolute Gasteiger partial charge is 0.244 e. The predicted molar refractivity (Wildman–Crippen MR) is 84.1 cm³/mol. The van der Waals surface area contributed by atoms with Crippen molar-refractivity contribution < 1.29 is 17.9 Å². The third-order valence-electron chi connectivity index (χ3n) is 3.47. The summed E-state index contributed by atoms with van der Waals surface area (Å²) in [6, 6.07) is 4.88. The van der Waals surface area contributed by atoms with Crippen LogP contribution in [0.5, 0.6) is 5.75 Å². The molecule has 0 spiro atoms. The zero-order valence-corrected chi connectivity index (χ0v) is 14.4. The largest absolute Gasteiger partial charge is 0.495 e. The molecule has 0 bridgehead atoms. The molecule has 1 fully saturated rings. The van der Waals surface area contributed by atoms with Crippen LogP contribution in [-0.4, -0.2) is 34.8 Å². The maximum atomic E-state index is 12.3. The van der Waals surface area contributed by atoms with Crippen LogP contribution in [0, 0.1) is 0 Å². The Labute approximate surface area is 134 Å². The summed E-state index contributed by atoms with van der Waals surface area (Å²) in [6.07, 6.45) is 4.84. The number of ether oxygens (including phenoxy) is 2. The van der Waals surface area contributed by atoms with Crippen LogP contribution >= 0.6 is 15.9 Å². The lowest BCUT2D eigenvalue weighted by Crippen LogP contribution is -2.29. The monoisotopic (exact) mass is 377 g/mol. The van der Waals surface area contributed by atoms with E-state index in [0.717, 1.165) is 12.8 Å². The molecule has 0 heterocycles. The molecule has 0 unspecified atom stereocenters. The standard InChI is InChI=1S/C14H20BrNO4S/c1-19-13-7-6-11(15)10-14(13)21(17,18)16-8-9-20-12-4-2-3-5-12/h6-7,10,12,16H,2-5,8-9H2,1H3. The number of sulfonamides is 1. The van der Waals surface area contributed by atoms with Gasteiger partial charge in [-0.2, -0.15) is 0 Å². The molecule has 21 heavy (non-hydrogen) atoms. The fraction of sp³-hybridized carbons (Fsp3) is 0.571. The number of halogens is 1. The van der Waals surface area contributed by atoms with Gasteiger partial charge in [0.2, 0.25) is 10.0 Å². The summed E-state index contributed by atoms with van der Waals surface area (Å²) in [4.78, 5) is 0.125. The van der Waals surface area contributed by atoms with Gasteiger partial charge in [0.15, 0.2) is 0 Å². The van der Waals surface area contributed by atoms with Crippen molar-refractivity contribution in [3.05, 3.63) is 22.7 Å². The fourth-order valence-electron chi connectivity index (χ4n) is 2.39. The lowest BCUT2D eigenvalue weighted by atomic mass is 10.3. The molecule has 1 aliphatic rings. The SMILES string of the molecule is COc1ccc(Br)cc1S(=O)(=O)NCCOC1CCCC1. The predicted octanol–water partition coefficient (Wildman–Crippen LogP) is 2.70. The molecule has 1 aliphatic carbocycles. The lowest BCUT2D eigenvalue weighted by Gasteiger charge is -2.13. The number of hydrogen-bond donors (Lipinski definition) is 1. The van der Waals surface area contributed by atoms with E-state index in [4.69, 9.17) is 9.47 Å². The third-order valence-corrected chi connectivity index (χ3v) is 5.44. The molecule has 0 aliphatic heterocycles. The van der Waals surface area contributed by atoms with Crippen molar-refractivity contribution in [2.24, 2.45) is 0 Å². The van der Waals surface area contributed by atoms with Gasteiger partial charge in [0.25, 0.3) is 0 Å². The van der Waals surface area contributed by atoms with E-state index >= 15 is 0 Å². The molecule has 118 valence electrons. The van der Waals surface area contributed by atoms with E-state index in [0.29, 0.717) is 16.8 Å². The zero-order valence-electron chi connectivity index (χ0n) is 12.0. The van der Waals surface area contributed by atoms with Gasteiger partial charge in [-0.25, -0.2) is 13.1 Å². The number of rotatable bonds is 7. The second kappa shape index (κ2) is 7.58. The minimum absolute atomic E-state index is 0.125. The van der Waals surface area contributed by atoms with Crippen LogP contribution in [-0.2, 0) is 14.8 Å². The van der Waals surface area contributed by atoms with Gasteiger partial charge in [-0.15, -0.1) is 0 Å². The van der Waals surface area contributed by atoms with Gasteiger partial charge in [-0.3, -0.25) is 0 Å². The average Bonchev–Trinajstić information content (AvgIpc) is 2.97. The highest BCUT2D eigenvalue weighted by Gasteiger charge is 2.20. The maximum absolute atomic E-state index is 12.3. The van der Waals surface area contributed by atoms with E-state index in [1.54, 1.807) is 12.1 Å². The first-order valence-corrected chi connectivity index (χ1v) is 9.25. The number of benzene rings is 1. The Hall–Kier alpha value is -0.630. The molecule has 0 aromatic heterocycles.